The van der Waals surface area contributed by atoms with Gasteiger partial charge in [0, 0.05) is 42.1 Å². The number of amides is 1. The van der Waals surface area contributed by atoms with Gasteiger partial charge in [-0.2, -0.15) is 0 Å². The minimum Gasteiger partial charge on any atom is -0.385 e. The van der Waals surface area contributed by atoms with E-state index in [0.29, 0.717) is 29.4 Å². The Labute approximate surface area is 188 Å². The van der Waals surface area contributed by atoms with Crippen LogP contribution in [0, 0.1) is 15.9 Å². The van der Waals surface area contributed by atoms with Crippen LogP contribution in [0.3, 0.4) is 0 Å². The number of carbonyl (C=O) groups excluding carboxylic acids is 1. The second-order valence-electron chi connectivity index (χ2n) is 7.71. The van der Waals surface area contributed by atoms with Crippen molar-refractivity contribution in [3.05, 3.63) is 74.2 Å². The maximum Gasteiger partial charge on any atom is 0.292 e. The molecule has 1 aromatic carbocycles. The van der Waals surface area contributed by atoms with E-state index in [1.165, 1.54) is 11.8 Å². The summed E-state index contributed by atoms with van der Waals surface area (Å²) in [5, 5.41) is 20.6. The van der Waals surface area contributed by atoms with Crippen LogP contribution < -0.4 is 16.0 Å². The number of nitrogens with one attached hydrogen (secondary N) is 3. The van der Waals surface area contributed by atoms with Crippen LogP contribution >= 0.6 is 11.8 Å². The SMILES string of the molecule is CC1/C=C\c2nc(Nc3cc(F)ccc3[N+](=O)[O-])ccc2CC2=C(S1)C(=O)N[C@H](C)CN2. The fraction of sp³-hybridized carbons (Fsp3) is 0.273. The molecule has 0 radical (unpaired) electrons. The van der Waals surface area contributed by atoms with Gasteiger partial charge in [0.2, 0.25) is 0 Å². The Morgan fingerprint density at radius 3 is 2.88 bits per heavy atom. The highest BCUT2D eigenvalue weighted by Crippen LogP contribution is 2.32. The van der Waals surface area contributed by atoms with Crippen LogP contribution in [-0.4, -0.2) is 33.7 Å². The van der Waals surface area contributed by atoms with E-state index < -0.39 is 10.7 Å². The summed E-state index contributed by atoms with van der Waals surface area (Å²) in [6.45, 7) is 4.57. The molecule has 4 rings (SSSR count). The molecule has 1 aromatic heterocycles. The second kappa shape index (κ2) is 8.99. The van der Waals surface area contributed by atoms with Crippen LogP contribution in [0.2, 0.25) is 0 Å². The summed E-state index contributed by atoms with van der Waals surface area (Å²) in [6.07, 6.45) is 4.33. The van der Waals surface area contributed by atoms with E-state index in [9.17, 15) is 19.3 Å². The Kier molecular flexibility index (Phi) is 6.13. The number of rotatable bonds is 3. The van der Waals surface area contributed by atoms with Gasteiger partial charge in [0.1, 0.15) is 17.3 Å². The molecule has 0 saturated carbocycles. The van der Waals surface area contributed by atoms with Gasteiger partial charge in [-0.25, -0.2) is 9.37 Å². The number of nitro groups is 1. The number of nitro benzene ring substituents is 1. The van der Waals surface area contributed by atoms with Crippen LogP contribution in [0.15, 0.2) is 47.0 Å². The van der Waals surface area contributed by atoms with Gasteiger partial charge in [-0.1, -0.05) is 12.1 Å². The van der Waals surface area contributed by atoms with Crippen LogP contribution in [0.4, 0.5) is 21.6 Å². The largest absolute Gasteiger partial charge is 0.385 e. The van der Waals surface area contributed by atoms with Crippen LogP contribution in [0.25, 0.3) is 6.08 Å². The van der Waals surface area contributed by atoms with Crippen LogP contribution in [0.5, 0.6) is 0 Å². The molecule has 1 amide bonds. The number of carbonyl (C=O) groups is 1. The Hall–Kier alpha value is -3.40. The highest BCUT2D eigenvalue weighted by Gasteiger charge is 2.25. The first-order valence-corrected chi connectivity index (χ1v) is 11.0. The van der Waals surface area contributed by atoms with Crippen molar-refractivity contribution in [2.24, 2.45) is 0 Å². The summed E-state index contributed by atoms with van der Waals surface area (Å²) >= 11 is 1.48. The number of halogens is 1. The van der Waals surface area contributed by atoms with Crippen molar-refractivity contribution in [3.8, 4) is 0 Å². The maximum atomic E-state index is 13.7. The van der Waals surface area contributed by atoms with Crippen molar-refractivity contribution in [2.75, 3.05) is 11.9 Å². The quantitative estimate of drug-likeness (QED) is 0.476. The zero-order valence-corrected chi connectivity index (χ0v) is 18.3. The highest BCUT2D eigenvalue weighted by molar-refractivity contribution is 8.04. The molecular formula is C22H22FN5O3S. The summed E-state index contributed by atoms with van der Waals surface area (Å²) in [6, 6.07) is 6.80. The smallest absolute Gasteiger partial charge is 0.292 e. The summed E-state index contributed by atoms with van der Waals surface area (Å²) in [5.74, 6) is -0.315. The maximum absolute atomic E-state index is 13.7. The molecule has 2 aromatic rings. The number of thioether (sulfide) groups is 1. The topological polar surface area (TPSA) is 109 Å². The third-order valence-corrected chi connectivity index (χ3v) is 6.30. The number of allylic oxidation sites excluding steroid dienone is 1. The van der Waals surface area contributed by atoms with Crippen molar-refractivity contribution in [1.29, 1.82) is 0 Å². The van der Waals surface area contributed by atoms with Gasteiger partial charge in [0.15, 0.2) is 0 Å². The third-order valence-electron chi connectivity index (χ3n) is 5.11. The lowest BCUT2D eigenvalue weighted by Crippen LogP contribution is -2.36. The standard InChI is InChI=1S/C22H22FN5O3S/c1-12-11-24-18-9-14-4-8-20(27-17-10-15(23)5-7-19(17)28(30)31)26-16(14)6-3-13(2)32-21(18)22(29)25-12/h3-8,10,12-13,24H,9,11H2,1-2H3,(H,25,29)(H,26,27)/b6-3-/t12-,13?/m1/s1. The molecule has 10 heteroatoms. The van der Waals surface area contributed by atoms with Gasteiger partial charge in [0.25, 0.3) is 11.6 Å². The summed E-state index contributed by atoms with van der Waals surface area (Å²) < 4.78 is 13.7. The third kappa shape index (κ3) is 4.75. The number of hydrogen-bond acceptors (Lipinski definition) is 7. The Morgan fingerprint density at radius 1 is 1.28 bits per heavy atom. The fourth-order valence-electron chi connectivity index (χ4n) is 3.52. The lowest BCUT2D eigenvalue weighted by atomic mass is 10.1. The van der Waals surface area contributed by atoms with Gasteiger partial charge >= 0.3 is 0 Å². The molecule has 8 nitrogen and oxygen atoms in total. The van der Waals surface area contributed by atoms with Gasteiger partial charge in [-0.3, -0.25) is 14.9 Å². The van der Waals surface area contributed by atoms with E-state index in [2.05, 4.69) is 20.9 Å². The van der Waals surface area contributed by atoms with Crippen molar-refractivity contribution in [2.45, 2.75) is 31.6 Å². The van der Waals surface area contributed by atoms with Crippen molar-refractivity contribution >= 4 is 40.9 Å². The van der Waals surface area contributed by atoms with Gasteiger partial charge in [-0.05, 0) is 37.6 Å². The molecule has 0 saturated heterocycles. The number of nitrogens with zero attached hydrogens (tertiary/aromatic N) is 2. The van der Waals surface area contributed by atoms with E-state index >= 15 is 0 Å². The van der Waals surface area contributed by atoms with Crippen molar-refractivity contribution in [3.63, 3.8) is 0 Å². The lowest BCUT2D eigenvalue weighted by Gasteiger charge is -2.14. The molecule has 1 unspecified atom stereocenters. The van der Waals surface area contributed by atoms with Gasteiger partial charge in [-0.15, -0.1) is 11.8 Å². The van der Waals surface area contributed by atoms with E-state index in [-0.39, 0.29) is 28.6 Å². The average Bonchev–Trinajstić information content (AvgIpc) is 2.81. The molecule has 166 valence electrons. The molecule has 3 heterocycles. The molecule has 32 heavy (non-hydrogen) atoms. The number of hydrogen-bond donors (Lipinski definition) is 3. The number of anilines is 2. The van der Waals surface area contributed by atoms with Crippen LogP contribution in [-0.2, 0) is 11.2 Å². The Balaban J connectivity index is 1.70. The van der Waals surface area contributed by atoms with Gasteiger partial charge < -0.3 is 16.0 Å². The average molecular weight is 456 g/mol. The van der Waals surface area contributed by atoms with Crippen LogP contribution in [0.1, 0.15) is 25.1 Å². The van der Waals surface area contributed by atoms with E-state index in [0.717, 1.165) is 29.5 Å². The normalized spacial score (nSPS) is 21.5. The zero-order valence-electron chi connectivity index (χ0n) is 17.5. The van der Waals surface area contributed by atoms with E-state index in [4.69, 9.17) is 0 Å². The summed E-state index contributed by atoms with van der Waals surface area (Å²) in [4.78, 5) is 28.7. The molecule has 2 aliphatic heterocycles. The molecular weight excluding hydrogens is 433 g/mol. The zero-order chi connectivity index (χ0) is 22.8. The summed E-state index contributed by atoms with van der Waals surface area (Å²) in [7, 11) is 0. The molecule has 2 atom stereocenters. The predicted octanol–water partition coefficient (Wildman–Crippen LogP) is 3.88. The first kappa shape index (κ1) is 21.8. The van der Waals surface area contributed by atoms with Gasteiger partial charge in [0.05, 0.1) is 15.5 Å². The Bertz CT molecular complexity index is 1150. The van der Waals surface area contributed by atoms with E-state index in [1.54, 1.807) is 6.07 Å². The number of fused-ring (bicyclic) bond motifs is 1. The number of benzene rings is 1. The first-order chi connectivity index (χ1) is 15.3. The first-order valence-electron chi connectivity index (χ1n) is 10.1. The number of pyridine rings is 1. The van der Waals surface area contributed by atoms with E-state index in [1.807, 2.05) is 32.1 Å². The highest BCUT2D eigenvalue weighted by atomic mass is 32.2. The second-order valence-corrected chi connectivity index (χ2v) is 9.09. The molecule has 0 bridgehead atoms. The Morgan fingerprint density at radius 2 is 2.09 bits per heavy atom. The molecule has 2 aliphatic rings. The fourth-order valence-corrected chi connectivity index (χ4v) is 4.50. The minimum absolute atomic E-state index is 0.00983. The molecule has 0 spiro atoms. The summed E-state index contributed by atoms with van der Waals surface area (Å²) in [5.41, 5.74) is 2.21. The number of aromatic nitrogens is 1. The molecule has 0 aliphatic carbocycles. The monoisotopic (exact) mass is 455 g/mol. The van der Waals surface area contributed by atoms with Crippen molar-refractivity contribution in [1.82, 2.24) is 15.6 Å². The molecule has 3 N–H and O–H groups in total. The minimum atomic E-state index is -0.585. The predicted molar refractivity (Wildman–Crippen MR) is 123 cm³/mol. The van der Waals surface area contributed by atoms with Crippen molar-refractivity contribution < 1.29 is 14.1 Å². The lowest BCUT2D eigenvalue weighted by molar-refractivity contribution is -0.384. The molecule has 0 fully saturated rings.